The van der Waals surface area contributed by atoms with Crippen molar-refractivity contribution in [2.45, 2.75) is 76.4 Å². The van der Waals surface area contributed by atoms with Gasteiger partial charge in [0.2, 0.25) is 5.91 Å². The van der Waals surface area contributed by atoms with Gasteiger partial charge in [-0.3, -0.25) is 9.69 Å². The van der Waals surface area contributed by atoms with Crippen molar-refractivity contribution in [1.29, 1.82) is 0 Å². The molecule has 2 aliphatic rings. The normalized spacial score (nSPS) is 19.3. The van der Waals surface area contributed by atoms with E-state index in [9.17, 15) is 4.79 Å². The zero-order chi connectivity index (χ0) is 17.5. The number of anilines is 1. The average molecular weight is 344 g/mol. The molecular formula is C21H33N3O. The van der Waals surface area contributed by atoms with Crippen LogP contribution in [0.3, 0.4) is 0 Å². The Labute approximate surface area is 152 Å². The van der Waals surface area contributed by atoms with Crippen molar-refractivity contribution in [3.8, 4) is 0 Å². The lowest BCUT2D eigenvalue weighted by molar-refractivity contribution is -0.120. The number of nitrogens with zero attached hydrogens (tertiary/aromatic N) is 1. The lowest BCUT2D eigenvalue weighted by atomic mass is 9.94. The van der Waals surface area contributed by atoms with Crippen LogP contribution >= 0.6 is 0 Å². The van der Waals surface area contributed by atoms with E-state index in [-0.39, 0.29) is 5.91 Å². The maximum atomic E-state index is 12.2. The highest BCUT2D eigenvalue weighted by Crippen LogP contribution is 2.25. The Morgan fingerprint density at radius 1 is 1.04 bits per heavy atom. The third-order valence-electron chi connectivity index (χ3n) is 5.79. The molecule has 0 bridgehead atoms. The number of amides is 1. The fourth-order valence-electron chi connectivity index (χ4n) is 4.27. The van der Waals surface area contributed by atoms with Gasteiger partial charge in [0.25, 0.3) is 0 Å². The third-order valence-corrected chi connectivity index (χ3v) is 5.79. The van der Waals surface area contributed by atoms with Crippen molar-refractivity contribution in [2.75, 3.05) is 18.9 Å². The molecule has 1 amide bonds. The minimum atomic E-state index is 0.113. The van der Waals surface area contributed by atoms with Gasteiger partial charge in [-0.1, -0.05) is 50.3 Å². The fraction of sp³-hybridized carbons (Fsp3) is 0.667. The van der Waals surface area contributed by atoms with Gasteiger partial charge in [0.15, 0.2) is 0 Å². The zero-order valence-corrected chi connectivity index (χ0v) is 15.6. The molecule has 0 heterocycles. The minimum absolute atomic E-state index is 0.113. The number of carbonyl (C=O) groups is 1. The van der Waals surface area contributed by atoms with Gasteiger partial charge in [-0.2, -0.15) is 0 Å². The van der Waals surface area contributed by atoms with E-state index in [4.69, 9.17) is 0 Å². The highest BCUT2D eigenvalue weighted by molar-refractivity contribution is 5.81. The molecule has 3 rings (SSSR count). The Balaban J connectivity index is 1.52. The SMILES string of the molecule is CN(Cc1ccccc1NCC(=O)NC1CCCC1)C1CCCCC1. The molecule has 0 aliphatic heterocycles. The largest absolute Gasteiger partial charge is 0.376 e. The molecule has 1 aromatic rings. The van der Waals surface area contributed by atoms with Crippen molar-refractivity contribution >= 4 is 11.6 Å². The van der Waals surface area contributed by atoms with E-state index in [1.165, 1.54) is 50.5 Å². The van der Waals surface area contributed by atoms with E-state index in [1.807, 2.05) is 6.07 Å². The molecule has 0 spiro atoms. The van der Waals surface area contributed by atoms with E-state index in [0.29, 0.717) is 18.6 Å². The number of carbonyl (C=O) groups excluding carboxylic acids is 1. The van der Waals surface area contributed by atoms with E-state index in [1.54, 1.807) is 0 Å². The van der Waals surface area contributed by atoms with Gasteiger partial charge in [-0.05, 0) is 44.4 Å². The van der Waals surface area contributed by atoms with Crippen LogP contribution in [-0.4, -0.2) is 36.5 Å². The Bertz CT molecular complexity index is 548. The van der Waals surface area contributed by atoms with Crippen LogP contribution in [0.4, 0.5) is 5.69 Å². The topological polar surface area (TPSA) is 44.4 Å². The predicted molar refractivity (Wildman–Crippen MR) is 104 cm³/mol. The summed E-state index contributed by atoms with van der Waals surface area (Å²) in [5.74, 6) is 0.113. The highest BCUT2D eigenvalue weighted by atomic mass is 16.1. The fourth-order valence-corrected chi connectivity index (χ4v) is 4.27. The second-order valence-corrected chi connectivity index (χ2v) is 7.77. The first-order valence-electron chi connectivity index (χ1n) is 10.0. The zero-order valence-electron chi connectivity index (χ0n) is 15.6. The number of nitrogens with one attached hydrogen (secondary N) is 2. The quantitative estimate of drug-likeness (QED) is 0.788. The van der Waals surface area contributed by atoms with E-state index < -0.39 is 0 Å². The van der Waals surface area contributed by atoms with Crippen molar-refractivity contribution < 1.29 is 4.79 Å². The van der Waals surface area contributed by atoms with Crippen LogP contribution in [0.5, 0.6) is 0 Å². The lowest BCUT2D eigenvalue weighted by Crippen LogP contribution is -2.37. The van der Waals surface area contributed by atoms with Gasteiger partial charge in [0, 0.05) is 24.3 Å². The summed E-state index contributed by atoms with van der Waals surface area (Å²) in [4.78, 5) is 14.7. The van der Waals surface area contributed by atoms with Crippen molar-refractivity contribution in [2.24, 2.45) is 0 Å². The van der Waals surface area contributed by atoms with Crippen molar-refractivity contribution in [1.82, 2.24) is 10.2 Å². The van der Waals surface area contributed by atoms with Gasteiger partial charge in [-0.15, -0.1) is 0 Å². The molecule has 0 aromatic heterocycles. The Hall–Kier alpha value is -1.55. The van der Waals surface area contributed by atoms with E-state index in [0.717, 1.165) is 25.1 Å². The molecule has 1 aromatic carbocycles. The van der Waals surface area contributed by atoms with Gasteiger partial charge in [0.05, 0.1) is 6.54 Å². The molecule has 138 valence electrons. The summed E-state index contributed by atoms with van der Waals surface area (Å²) >= 11 is 0. The van der Waals surface area contributed by atoms with Crippen LogP contribution in [0.2, 0.25) is 0 Å². The molecule has 0 saturated heterocycles. The van der Waals surface area contributed by atoms with Gasteiger partial charge in [0.1, 0.15) is 0 Å². The first-order chi connectivity index (χ1) is 12.2. The number of para-hydroxylation sites is 1. The molecule has 25 heavy (non-hydrogen) atoms. The molecule has 0 atom stereocenters. The van der Waals surface area contributed by atoms with Crippen molar-refractivity contribution in [3.63, 3.8) is 0 Å². The summed E-state index contributed by atoms with van der Waals surface area (Å²) in [5.41, 5.74) is 2.37. The molecule has 2 fully saturated rings. The van der Waals surface area contributed by atoms with Crippen LogP contribution in [0, 0.1) is 0 Å². The summed E-state index contributed by atoms with van der Waals surface area (Å²) < 4.78 is 0. The first kappa shape index (κ1) is 18.2. The maximum absolute atomic E-state index is 12.2. The molecule has 2 aliphatic carbocycles. The van der Waals surface area contributed by atoms with Gasteiger partial charge >= 0.3 is 0 Å². The van der Waals surface area contributed by atoms with Crippen LogP contribution in [0.15, 0.2) is 24.3 Å². The summed E-state index contributed by atoms with van der Waals surface area (Å²) in [6.07, 6.45) is 11.5. The Morgan fingerprint density at radius 2 is 1.72 bits per heavy atom. The lowest BCUT2D eigenvalue weighted by Gasteiger charge is -2.31. The van der Waals surface area contributed by atoms with Gasteiger partial charge < -0.3 is 10.6 Å². The minimum Gasteiger partial charge on any atom is -0.376 e. The molecule has 4 nitrogen and oxygen atoms in total. The molecule has 0 unspecified atom stereocenters. The number of hydrogen-bond acceptors (Lipinski definition) is 3. The standard InChI is InChI=1S/C21H33N3O/c1-24(19-12-3-2-4-13-19)16-17-9-5-8-14-20(17)22-15-21(25)23-18-10-6-7-11-18/h5,8-9,14,18-19,22H,2-4,6-7,10-13,15-16H2,1H3,(H,23,25). The van der Waals surface area contributed by atoms with Gasteiger partial charge in [-0.25, -0.2) is 0 Å². The summed E-state index contributed by atoms with van der Waals surface area (Å²) in [5, 5.41) is 6.51. The first-order valence-corrected chi connectivity index (χ1v) is 10.0. The maximum Gasteiger partial charge on any atom is 0.239 e. The highest BCUT2D eigenvalue weighted by Gasteiger charge is 2.19. The molecule has 4 heteroatoms. The van der Waals surface area contributed by atoms with Crippen LogP contribution in [0.25, 0.3) is 0 Å². The monoisotopic (exact) mass is 343 g/mol. The Morgan fingerprint density at radius 3 is 2.48 bits per heavy atom. The molecule has 0 radical (unpaired) electrons. The number of rotatable bonds is 7. The van der Waals surface area contributed by atoms with Crippen molar-refractivity contribution in [3.05, 3.63) is 29.8 Å². The number of benzene rings is 1. The Kier molecular flexibility index (Phi) is 6.74. The average Bonchev–Trinajstić information content (AvgIpc) is 3.14. The molecule has 2 N–H and O–H groups in total. The molecule has 2 saturated carbocycles. The summed E-state index contributed by atoms with van der Waals surface area (Å²) in [6.45, 7) is 1.30. The van der Waals surface area contributed by atoms with E-state index in [2.05, 4.69) is 40.8 Å². The second kappa shape index (κ2) is 9.23. The van der Waals surface area contributed by atoms with Crippen LogP contribution in [0.1, 0.15) is 63.4 Å². The van der Waals surface area contributed by atoms with Crippen LogP contribution < -0.4 is 10.6 Å². The summed E-state index contributed by atoms with van der Waals surface area (Å²) in [6, 6.07) is 9.49. The predicted octanol–water partition coefficient (Wildman–Crippen LogP) is 3.92. The third kappa shape index (κ3) is 5.46. The van der Waals surface area contributed by atoms with Crippen LogP contribution in [-0.2, 0) is 11.3 Å². The molecular weight excluding hydrogens is 310 g/mol. The number of hydrogen-bond donors (Lipinski definition) is 2. The second-order valence-electron chi connectivity index (χ2n) is 7.77. The smallest absolute Gasteiger partial charge is 0.239 e. The summed E-state index contributed by atoms with van der Waals surface area (Å²) in [7, 11) is 2.24. The van der Waals surface area contributed by atoms with E-state index >= 15 is 0 Å².